The fraction of sp³-hybridized carbons (Fsp3) is 0.111. The van der Waals surface area contributed by atoms with E-state index in [9.17, 15) is 9.59 Å². The maximum Gasteiger partial charge on any atom is 0.329 e. The molecular formula is C27H25N5O2. The summed E-state index contributed by atoms with van der Waals surface area (Å²) in [7, 11) is 0. The Kier molecular flexibility index (Phi) is 6.93. The normalized spacial score (nSPS) is 10.9. The van der Waals surface area contributed by atoms with Gasteiger partial charge < -0.3 is 5.32 Å². The number of carbonyl (C=O) groups excluding carboxylic acids is 2. The van der Waals surface area contributed by atoms with Gasteiger partial charge in [-0.2, -0.15) is 10.2 Å². The molecular weight excluding hydrogens is 426 g/mol. The smallest absolute Gasteiger partial charge is 0.318 e. The van der Waals surface area contributed by atoms with Gasteiger partial charge in [0.2, 0.25) is 0 Å². The molecule has 0 aliphatic heterocycles. The van der Waals surface area contributed by atoms with Crippen molar-refractivity contribution in [2.75, 3.05) is 5.32 Å². The zero-order valence-electron chi connectivity index (χ0n) is 19.0. The summed E-state index contributed by atoms with van der Waals surface area (Å²) in [5.74, 6) is -1.65. The highest BCUT2D eigenvalue weighted by molar-refractivity contribution is 6.39. The monoisotopic (exact) mass is 451 g/mol. The molecule has 0 unspecified atom stereocenters. The number of aromatic nitrogens is 2. The summed E-state index contributed by atoms with van der Waals surface area (Å²) < 4.78 is 1.75. The van der Waals surface area contributed by atoms with Crippen LogP contribution in [0.15, 0.2) is 90.2 Å². The van der Waals surface area contributed by atoms with Gasteiger partial charge in [-0.3, -0.25) is 9.59 Å². The van der Waals surface area contributed by atoms with Crippen LogP contribution in [-0.2, 0) is 16.0 Å². The minimum atomic E-state index is -0.858. The number of carbonyl (C=O) groups is 2. The molecule has 1 aromatic heterocycles. The van der Waals surface area contributed by atoms with Gasteiger partial charge in [0.15, 0.2) is 0 Å². The number of hydrazone groups is 1. The molecule has 4 aromatic rings. The van der Waals surface area contributed by atoms with E-state index in [-0.39, 0.29) is 0 Å². The fourth-order valence-electron chi connectivity index (χ4n) is 3.35. The number of para-hydroxylation sites is 1. The first kappa shape index (κ1) is 22.7. The third-order valence-electron chi connectivity index (χ3n) is 5.28. The molecule has 1 heterocycles. The molecule has 7 heteroatoms. The number of hydrogen-bond acceptors (Lipinski definition) is 4. The summed E-state index contributed by atoms with van der Waals surface area (Å²) in [6.45, 7) is 4.07. The van der Waals surface area contributed by atoms with Crippen molar-refractivity contribution in [2.45, 2.75) is 20.3 Å². The Bertz CT molecular complexity index is 1310. The van der Waals surface area contributed by atoms with Crippen LogP contribution in [-0.4, -0.2) is 27.8 Å². The molecule has 0 bridgehead atoms. The molecule has 3 aromatic carbocycles. The molecule has 0 saturated carbocycles. The number of nitrogens with one attached hydrogen (secondary N) is 2. The number of aryl methyl sites for hydroxylation is 2. The predicted octanol–water partition coefficient (Wildman–Crippen LogP) is 4.50. The highest BCUT2D eigenvalue weighted by atomic mass is 16.2. The lowest BCUT2D eigenvalue weighted by atomic mass is 10.1. The van der Waals surface area contributed by atoms with Crippen LogP contribution >= 0.6 is 0 Å². The van der Waals surface area contributed by atoms with Gasteiger partial charge in [0.1, 0.15) is 5.69 Å². The van der Waals surface area contributed by atoms with E-state index in [4.69, 9.17) is 5.10 Å². The van der Waals surface area contributed by atoms with Crippen LogP contribution in [0.25, 0.3) is 16.9 Å². The van der Waals surface area contributed by atoms with Gasteiger partial charge in [-0.05, 0) is 43.2 Å². The third-order valence-corrected chi connectivity index (χ3v) is 5.28. The zero-order chi connectivity index (χ0) is 23.9. The standard InChI is InChI=1S/C27H25N5O2/c1-3-20-11-15-23(16-12-20)29-26(33)27(34)30-28-17-22-18-32(24-7-5-4-6-8-24)31-25(22)21-13-9-19(2)10-14-21/h4-18H,3H2,1-2H3,(H,29,33)(H,30,34)/b28-17+. The van der Waals surface area contributed by atoms with Crippen molar-refractivity contribution in [1.29, 1.82) is 0 Å². The second-order valence-electron chi connectivity index (χ2n) is 7.78. The Morgan fingerprint density at radius 3 is 2.32 bits per heavy atom. The number of rotatable bonds is 6. The molecule has 0 spiro atoms. The van der Waals surface area contributed by atoms with Gasteiger partial charge >= 0.3 is 11.8 Å². The molecule has 7 nitrogen and oxygen atoms in total. The van der Waals surface area contributed by atoms with Crippen LogP contribution in [0.1, 0.15) is 23.6 Å². The SMILES string of the molecule is CCc1ccc(NC(=O)C(=O)N/N=C/c2cn(-c3ccccc3)nc2-c2ccc(C)cc2)cc1. The average molecular weight is 452 g/mol. The van der Waals surface area contributed by atoms with Crippen LogP contribution < -0.4 is 10.7 Å². The molecule has 0 aliphatic rings. The van der Waals surface area contributed by atoms with Gasteiger partial charge in [-0.25, -0.2) is 10.1 Å². The molecule has 2 amide bonds. The van der Waals surface area contributed by atoms with Crippen LogP contribution in [0.4, 0.5) is 5.69 Å². The third kappa shape index (κ3) is 5.45. The van der Waals surface area contributed by atoms with Gasteiger partial charge in [-0.15, -0.1) is 0 Å². The second-order valence-corrected chi connectivity index (χ2v) is 7.78. The van der Waals surface area contributed by atoms with Crippen molar-refractivity contribution in [2.24, 2.45) is 5.10 Å². The van der Waals surface area contributed by atoms with E-state index in [2.05, 4.69) is 15.8 Å². The number of amides is 2. The minimum absolute atomic E-state index is 0.548. The van der Waals surface area contributed by atoms with Crippen LogP contribution in [0.2, 0.25) is 0 Å². The lowest BCUT2D eigenvalue weighted by Gasteiger charge is -2.04. The maximum atomic E-state index is 12.2. The molecule has 0 saturated heterocycles. The topological polar surface area (TPSA) is 88.4 Å². The van der Waals surface area contributed by atoms with Crippen LogP contribution in [0, 0.1) is 6.92 Å². The van der Waals surface area contributed by atoms with E-state index in [1.54, 1.807) is 16.8 Å². The molecule has 34 heavy (non-hydrogen) atoms. The summed E-state index contributed by atoms with van der Waals surface area (Å²) in [6.07, 6.45) is 4.22. The van der Waals surface area contributed by atoms with E-state index in [1.807, 2.05) is 86.8 Å². The maximum absolute atomic E-state index is 12.2. The quantitative estimate of drug-likeness (QED) is 0.257. The molecule has 0 fully saturated rings. The van der Waals surface area contributed by atoms with Crippen LogP contribution in [0.3, 0.4) is 0 Å². The average Bonchev–Trinajstić information content (AvgIpc) is 3.29. The van der Waals surface area contributed by atoms with Crippen molar-refractivity contribution in [3.63, 3.8) is 0 Å². The van der Waals surface area contributed by atoms with E-state index in [0.717, 1.165) is 28.8 Å². The number of hydrogen-bond donors (Lipinski definition) is 2. The molecule has 0 atom stereocenters. The van der Waals surface area contributed by atoms with E-state index < -0.39 is 11.8 Å². The van der Waals surface area contributed by atoms with Crippen LogP contribution in [0.5, 0.6) is 0 Å². The summed E-state index contributed by atoms with van der Waals surface area (Å²) in [4.78, 5) is 24.4. The Labute approximate surface area is 198 Å². The summed E-state index contributed by atoms with van der Waals surface area (Å²) >= 11 is 0. The fourth-order valence-corrected chi connectivity index (χ4v) is 3.35. The van der Waals surface area contributed by atoms with Crippen molar-refractivity contribution in [3.05, 3.63) is 102 Å². The summed E-state index contributed by atoms with van der Waals surface area (Å²) in [5, 5.41) is 11.3. The lowest BCUT2D eigenvalue weighted by molar-refractivity contribution is -0.136. The molecule has 4 rings (SSSR count). The van der Waals surface area contributed by atoms with Gasteiger partial charge in [0.25, 0.3) is 0 Å². The Morgan fingerprint density at radius 1 is 0.941 bits per heavy atom. The summed E-state index contributed by atoms with van der Waals surface area (Å²) in [6, 6.07) is 25.0. The first-order valence-corrected chi connectivity index (χ1v) is 11.0. The van der Waals surface area contributed by atoms with Crippen molar-refractivity contribution >= 4 is 23.7 Å². The molecule has 0 radical (unpaired) electrons. The molecule has 0 aliphatic carbocycles. The Hall–Kier alpha value is -4.52. The minimum Gasteiger partial charge on any atom is -0.318 e. The highest BCUT2D eigenvalue weighted by Gasteiger charge is 2.14. The van der Waals surface area contributed by atoms with Gasteiger partial charge in [0.05, 0.1) is 11.9 Å². The van der Waals surface area contributed by atoms with Crippen molar-refractivity contribution in [3.8, 4) is 16.9 Å². The summed E-state index contributed by atoms with van der Waals surface area (Å²) in [5.41, 5.74) is 8.35. The predicted molar refractivity (Wildman–Crippen MR) is 134 cm³/mol. The lowest BCUT2D eigenvalue weighted by Crippen LogP contribution is -2.32. The van der Waals surface area contributed by atoms with Gasteiger partial charge in [-0.1, -0.05) is 67.1 Å². The molecule has 170 valence electrons. The Balaban J connectivity index is 1.50. The highest BCUT2D eigenvalue weighted by Crippen LogP contribution is 2.23. The first-order chi connectivity index (χ1) is 16.5. The first-order valence-electron chi connectivity index (χ1n) is 11.0. The van der Waals surface area contributed by atoms with E-state index in [0.29, 0.717) is 16.9 Å². The molecule has 2 N–H and O–H groups in total. The van der Waals surface area contributed by atoms with Gasteiger partial charge in [0, 0.05) is 23.0 Å². The van der Waals surface area contributed by atoms with Crippen molar-refractivity contribution in [1.82, 2.24) is 15.2 Å². The van der Waals surface area contributed by atoms with E-state index >= 15 is 0 Å². The zero-order valence-corrected chi connectivity index (χ0v) is 19.0. The van der Waals surface area contributed by atoms with E-state index in [1.165, 1.54) is 6.21 Å². The number of anilines is 1. The largest absolute Gasteiger partial charge is 0.329 e. The second kappa shape index (κ2) is 10.4. The number of nitrogens with zero attached hydrogens (tertiary/aromatic N) is 3. The Morgan fingerprint density at radius 2 is 1.65 bits per heavy atom. The van der Waals surface area contributed by atoms with Crippen molar-refractivity contribution < 1.29 is 9.59 Å². The number of benzene rings is 3.